The Morgan fingerprint density at radius 3 is 2.66 bits per heavy atom. The summed E-state index contributed by atoms with van der Waals surface area (Å²) in [5, 5.41) is 36.7. The summed E-state index contributed by atoms with van der Waals surface area (Å²) in [5.41, 5.74) is 1.86. The molecule has 0 aliphatic heterocycles. The molecule has 0 bridgehead atoms. The molecular weight excluding hydrogens is 610 g/mol. The molecule has 0 saturated heterocycles. The van der Waals surface area contributed by atoms with Crippen LogP contribution in [0.4, 0.5) is 0 Å². The number of rotatable bonds is 10. The Kier molecular flexibility index (Phi) is 10.5. The van der Waals surface area contributed by atoms with E-state index in [1.807, 2.05) is 0 Å². The first-order chi connectivity index (χ1) is 16.8. The smallest absolute Gasteiger partial charge is 0.247 e. The largest absolute Gasteiger partial charge is 0.493 e. The Balaban J connectivity index is 1.87. The lowest BCUT2D eigenvalue weighted by molar-refractivity contribution is -0.118. The summed E-state index contributed by atoms with van der Waals surface area (Å²) in [6.45, 7) is 0.0943. The average molecular weight is 637 g/mol. The second-order valence-electron chi connectivity index (χ2n) is 7.94. The SMILES string of the molecule is COc1cc(CO)cc(I)c1O[C@H]1C=C(C(=O)NCCO)C[C@@H](NCc2ccc(Cl)cc2Cl)[C@@H]1O. The van der Waals surface area contributed by atoms with Gasteiger partial charge >= 0.3 is 0 Å². The van der Waals surface area contributed by atoms with Crippen molar-refractivity contribution in [1.29, 1.82) is 0 Å². The van der Waals surface area contributed by atoms with Crippen LogP contribution in [-0.4, -0.2) is 59.7 Å². The molecular formula is C24H27Cl2IN2O6. The Labute approximate surface area is 227 Å². The maximum atomic E-state index is 12.7. The minimum Gasteiger partial charge on any atom is -0.493 e. The predicted molar refractivity (Wildman–Crippen MR) is 142 cm³/mol. The number of carbonyl (C=O) groups is 1. The maximum Gasteiger partial charge on any atom is 0.247 e. The highest BCUT2D eigenvalue weighted by molar-refractivity contribution is 14.1. The van der Waals surface area contributed by atoms with E-state index in [9.17, 15) is 15.0 Å². The molecule has 0 unspecified atom stereocenters. The number of benzene rings is 2. The van der Waals surface area contributed by atoms with E-state index in [-0.39, 0.29) is 32.1 Å². The number of methoxy groups -OCH3 is 1. The van der Waals surface area contributed by atoms with Crippen molar-refractivity contribution >= 4 is 51.7 Å². The molecule has 11 heteroatoms. The first kappa shape index (κ1) is 28.0. The van der Waals surface area contributed by atoms with E-state index in [0.29, 0.717) is 42.8 Å². The zero-order valence-corrected chi connectivity index (χ0v) is 22.6. The van der Waals surface area contributed by atoms with Gasteiger partial charge in [0.15, 0.2) is 11.5 Å². The topological polar surface area (TPSA) is 120 Å². The number of ether oxygens (including phenoxy) is 2. The van der Waals surface area contributed by atoms with Crippen LogP contribution < -0.4 is 20.1 Å². The van der Waals surface area contributed by atoms with Crippen LogP contribution in [0.1, 0.15) is 17.5 Å². The summed E-state index contributed by atoms with van der Waals surface area (Å²) >= 11 is 14.3. The molecule has 0 aromatic heterocycles. The molecule has 1 amide bonds. The van der Waals surface area contributed by atoms with Crippen LogP contribution >= 0.6 is 45.8 Å². The molecule has 0 fully saturated rings. The number of aliphatic hydroxyl groups excluding tert-OH is 3. The van der Waals surface area contributed by atoms with Gasteiger partial charge < -0.3 is 35.4 Å². The van der Waals surface area contributed by atoms with E-state index in [4.69, 9.17) is 37.8 Å². The van der Waals surface area contributed by atoms with E-state index >= 15 is 0 Å². The van der Waals surface area contributed by atoms with Crippen LogP contribution in [0.5, 0.6) is 11.5 Å². The molecule has 8 nitrogen and oxygen atoms in total. The van der Waals surface area contributed by atoms with Gasteiger partial charge in [0.1, 0.15) is 12.2 Å². The number of halogens is 3. The fourth-order valence-corrected chi connectivity index (χ4v) is 4.99. The number of nitrogens with one attached hydrogen (secondary N) is 2. The van der Waals surface area contributed by atoms with Crippen LogP contribution in [0.3, 0.4) is 0 Å². The highest BCUT2D eigenvalue weighted by Gasteiger charge is 2.36. The van der Waals surface area contributed by atoms with Crippen molar-refractivity contribution in [2.24, 2.45) is 0 Å². The number of amides is 1. The lowest BCUT2D eigenvalue weighted by Gasteiger charge is -2.35. The average Bonchev–Trinajstić information content (AvgIpc) is 2.84. The maximum absolute atomic E-state index is 12.7. The quantitative estimate of drug-likeness (QED) is 0.255. The first-order valence-corrected chi connectivity index (χ1v) is 12.7. The highest BCUT2D eigenvalue weighted by Crippen LogP contribution is 2.36. The molecule has 3 rings (SSSR count). The number of hydrogen-bond donors (Lipinski definition) is 5. The molecule has 0 spiro atoms. The fraction of sp³-hybridized carbons (Fsp3) is 0.375. The van der Waals surface area contributed by atoms with E-state index in [1.165, 1.54) is 7.11 Å². The summed E-state index contributed by atoms with van der Waals surface area (Å²) in [6.07, 6.45) is -0.0609. The van der Waals surface area contributed by atoms with Crippen LogP contribution in [0.2, 0.25) is 10.0 Å². The molecule has 2 aromatic carbocycles. The molecule has 3 atom stereocenters. The van der Waals surface area contributed by atoms with Crippen LogP contribution in [-0.2, 0) is 17.9 Å². The molecule has 1 aliphatic carbocycles. The van der Waals surface area contributed by atoms with Gasteiger partial charge in [-0.3, -0.25) is 4.79 Å². The monoisotopic (exact) mass is 636 g/mol. The second-order valence-corrected chi connectivity index (χ2v) is 9.94. The van der Waals surface area contributed by atoms with Crippen molar-refractivity contribution < 1.29 is 29.6 Å². The minimum absolute atomic E-state index is 0.108. The van der Waals surface area contributed by atoms with E-state index in [2.05, 4.69) is 33.2 Å². The van der Waals surface area contributed by atoms with Gasteiger partial charge in [0, 0.05) is 34.7 Å². The number of hydrogen-bond acceptors (Lipinski definition) is 7. The Hall–Kier alpha value is -1.60. The van der Waals surface area contributed by atoms with E-state index < -0.39 is 18.2 Å². The molecule has 5 N–H and O–H groups in total. The van der Waals surface area contributed by atoms with Gasteiger partial charge in [-0.05, 0) is 70.5 Å². The summed E-state index contributed by atoms with van der Waals surface area (Å²) in [7, 11) is 1.49. The Morgan fingerprint density at radius 1 is 1.23 bits per heavy atom. The minimum atomic E-state index is -1.01. The zero-order valence-electron chi connectivity index (χ0n) is 18.9. The molecule has 0 heterocycles. The van der Waals surface area contributed by atoms with Gasteiger partial charge in [0.05, 0.1) is 23.9 Å². The van der Waals surface area contributed by atoms with Crippen molar-refractivity contribution in [3.05, 3.63) is 66.7 Å². The Morgan fingerprint density at radius 2 is 2.00 bits per heavy atom. The zero-order chi connectivity index (χ0) is 25.5. The van der Waals surface area contributed by atoms with Crippen LogP contribution in [0.25, 0.3) is 0 Å². The Bertz CT molecular complexity index is 1080. The summed E-state index contributed by atoms with van der Waals surface area (Å²) < 4.78 is 12.3. The third-order valence-electron chi connectivity index (χ3n) is 5.54. The lowest BCUT2D eigenvalue weighted by Crippen LogP contribution is -2.51. The number of aliphatic hydroxyl groups is 3. The highest BCUT2D eigenvalue weighted by atomic mass is 127. The third kappa shape index (κ3) is 7.22. The van der Waals surface area contributed by atoms with Crippen LogP contribution in [0, 0.1) is 3.57 Å². The van der Waals surface area contributed by atoms with Crippen molar-refractivity contribution in [1.82, 2.24) is 10.6 Å². The van der Waals surface area contributed by atoms with Gasteiger partial charge in [-0.15, -0.1) is 0 Å². The van der Waals surface area contributed by atoms with Gasteiger partial charge in [0.25, 0.3) is 0 Å². The fourth-order valence-electron chi connectivity index (χ4n) is 3.72. The summed E-state index contributed by atoms with van der Waals surface area (Å²) in [6, 6.07) is 8.04. The van der Waals surface area contributed by atoms with Gasteiger partial charge in [-0.2, -0.15) is 0 Å². The standard InChI is InChI=1S/C24H27Cl2IN2O6/c1-34-21-7-13(12-31)6-18(27)23(21)35-20-9-15(24(33)28-4-5-30)8-19(22(20)32)29-11-14-2-3-16(25)10-17(14)26/h2-3,6-7,9-10,19-20,22,29-32H,4-5,8,11-12H2,1H3,(H,28,33)/t19-,20+,22+/m1/s1. The van der Waals surface area contributed by atoms with Gasteiger partial charge in [-0.25, -0.2) is 0 Å². The van der Waals surface area contributed by atoms with Crippen LogP contribution in [0.15, 0.2) is 42.0 Å². The van der Waals surface area contributed by atoms with Crippen molar-refractivity contribution in [2.75, 3.05) is 20.3 Å². The van der Waals surface area contributed by atoms with E-state index in [0.717, 1.165) is 5.56 Å². The molecule has 2 aromatic rings. The normalized spacial score (nSPS) is 19.7. The first-order valence-electron chi connectivity index (χ1n) is 10.9. The predicted octanol–water partition coefficient (Wildman–Crippen LogP) is 2.80. The lowest BCUT2D eigenvalue weighted by atomic mass is 9.89. The van der Waals surface area contributed by atoms with Crippen molar-refractivity contribution in [2.45, 2.75) is 37.8 Å². The van der Waals surface area contributed by atoms with Gasteiger partial charge in [-0.1, -0.05) is 29.3 Å². The molecule has 1 aliphatic rings. The summed E-state index contributed by atoms with van der Waals surface area (Å²) in [5.74, 6) is 0.436. The van der Waals surface area contributed by atoms with E-state index in [1.54, 1.807) is 36.4 Å². The van der Waals surface area contributed by atoms with Crippen molar-refractivity contribution in [3.8, 4) is 11.5 Å². The molecule has 0 saturated carbocycles. The number of carbonyl (C=O) groups excluding carboxylic acids is 1. The van der Waals surface area contributed by atoms with Gasteiger partial charge in [0.2, 0.25) is 5.91 Å². The molecule has 190 valence electrons. The molecule has 35 heavy (non-hydrogen) atoms. The summed E-state index contributed by atoms with van der Waals surface area (Å²) in [4.78, 5) is 12.7. The third-order valence-corrected chi connectivity index (χ3v) is 6.93. The molecule has 0 radical (unpaired) electrons. The van der Waals surface area contributed by atoms with Crippen molar-refractivity contribution in [3.63, 3.8) is 0 Å². The second kappa shape index (κ2) is 13.1.